The number of hydrogen-bond donors (Lipinski definition) is 3. The molecule has 168 valence electrons. The molecule has 0 radical (unpaired) electrons. The summed E-state index contributed by atoms with van der Waals surface area (Å²) in [6.45, 7) is 2.39. The summed E-state index contributed by atoms with van der Waals surface area (Å²) in [6.07, 6.45) is 6.78. The first-order chi connectivity index (χ1) is 15.0. The van der Waals surface area contributed by atoms with Crippen LogP contribution in [0.5, 0.6) is 5.75 Å². The monoisotopic (exact) mass is 429 g/mol. The zero-order valence-corrected chi connectivity index (χ0v) is 18.2. The molecular formula is C23H33N4O4+. The molecule has 0 bridgehead atoms. The maximum Gasteiger partial charge on any atom is 0.325 e. The molecule has 4 rings (SSSR count). The lowest BCUT2D eigenvalue weighted by molar-refractivity contribution is -0.935. The Kier molecular flexibility index (Phi) is 6.46. The fourth-order valence-electron chi connectivity index (χ4n) is 5.24. The highest BCUT2D eigenvalue weighted by Crippen LogP contribution is 2.34. The maximum atomic E-state index is 12.8. The summed E-state index contributed by atoms with van der Waals surface area (Å²) in [5, 5.41) is 5.82. The number of benzene rings is 1. The Hall–Kier alpha value is -2.61. The van der Waals surface area contributed by atoms with E-state index in [0.717, 1.165) is 42.1 Å². The van der Waals surface area contributed by atoms with Gasteiger partial charge in [-0.25, -0.2) is 4.79 Å². The van der Waals surface area contributed by atoms with E-state index in [1.165, 1.54) is 24.2 Å². The predicted octanol–water partition coefficient (Wildman–Crippen LogP) is 0.786. The van der Waals surface area contributed by atoms with Crippen molar-refractivity contribution in [1.29, 1.82) is 0 Å². The number of nitrogens with zero attached hydrogens (tertiary/aromatic N) is 1. The van der Waals surface area contributed by atoms with Gasteiger partial charge in [-0.05, 0) is 56.4 Å². The number of ether oxygens (including phenoxy) is 1. The number of amides is 4. The summed E-state index contributed by atoms with van der Waals surface area (Å²) in [5.41, 5.74) is 0.374. The number of rotatable bonds is 7. The molecule has 31 heavy (non-hydrogen) atoms. The van der Waals surface area contributed by atoms with Crippen molar-refractivity contribution in [2.75, 3.05) is 33.3 Å². The van der Waals surface area contributed by atoms with Gasteiger partial charge in [-0.1, -0.05) is 12.8 Å². The van der Waals surface area contributed by atoms with E-state index in [4.69, 9.17) is 4.74 Å². The van der Waals surface area contributed by atoms with Crippen LogP contribution in [0.15, 0.2) is 24.3 Å². The van der Waals surface area contributed by atoms with Gasteiger partial charge in [0.05, 0.1) is 26.7 Å². The molecule has 1 aliphatic carbocycles. The molecule has 2 heterocycles. The molecule has 3 N–H and O–H groups in total. The van der Waals surface area contributed by atoms with E-state index in [2.05, 4.69) is 22.8 Å². The van der Waals surface area contributed by atoms with Crippen LogP contribution in [-0.2, 0) is 9.59 Å². The molecule has 8 nitrogen and oxygen atoms in total. The summed E-state index contributed by atoms with van der Waals surface area (Å²) < 4.78 is 5.27. The fourth-order valence-corrected chi connectivity index (χ4v) is 5.24. The van der Waals surface area contributed by atoms with Gasteiger partial charge in [0.1, 0.15) is 23.9 Å². The number of urea groups is 1. The Balaban J connectivity index is 1.39. The van der Waals surface area contributed by atoms with Crippen molar-refractivity contribution < 1.29 is 24.0 Å². The van der Waals surface area contributed by atoms with Gasteiger partial charge in [-0.2, -0.15) is 0 Å². The van der Waals surface area contributed by atoms with Crippen molar-refractivity contribution in [3.8, 4) is 5.75 Å². The lowest BCUT2D eigenvalue weighted by Crippen LogP contribution is -3.13. The molecule has 3 fully saturated rings. The zero-order valence-electron chi connectivity index (χ0n) is 18.2. The minimum atomic E-state index is -0.777. The van der Waals surface area contributed by atoms with E-state index in [1.54, 1.807) is 7.11 Å². The van der Waals surface area contributed by atoms with Crippen molar-refractivity contribution in [1.82, 2.24) is 15.5 Å². The first kappa shape index (κ1) is 21.6. The van der Waals surface area contributed by atoms with Gasteiger partial charge < -0.3 is 20.3 Å². The van der Waals surface area contributed by atoms with Gasteiger partial charge in [-0.3, -0.25) is 14.5 Å². The molecule has 0 unspecified atom stereocenters. The van der Waals surface area contributed by atoms with Crippen molar-refractivity contribution in [3.05, 3.63) is 29.8 Å². The second kappa shape index (κ2) is 9.26. The van der Waals surface area contributed by atoms with Crippen LogP contribution in [0.1, 0.15) is 56.6 Å². The highest BCUT2D eigenvalue weighted by molar-refractivity contribution is 6.09. The Morgan fingerprint density at radius 2 is 1.81 bits per heavy atom. The summed E-state index contributed by atoms with van der Waals surface area (Å²) in [5.74, 6) is 0.256. The van der Waals surface area contributed by atoms with Crippen molar-refractivity contribution in [2.24, 2.45) is 0 Å². The van der Waals surface area contributed by atoms with Crippen molar-refractivity contribution in [3.63, 3.8) is 0 Å². The number of carbonyl (C=O) groups is 3. The number of likely N-dealkylation sites (tertiary alicyclic amines) is 1. The minimum Gasteiger partial charge on any atom is -0.497 e. The average molecular weight is 430 g/mol. The largest absolute Gasteiger partial charge is 0.497 e. The standard InChI is InChI=1S/C23H32N4O4/c1-31-18-9-7-17(8-10-18)19(26-13-5-2-6-14-26)15-24-20(28)16-27-21(29)23(25-22(27)30)11-3-4-12-23/h7-10,19H,2-6,11-16H2,1H3,(H,24,28)(H,25,30)/p+1/t19-/m0/s1. The second-order valence-corrected chi connectivity index (χ2v) is 8.96. The summed E-state index contributed by atoms with van der Waals surface area (Å²) in [6, 6.07) is 7.68. The molecule has 1 atom stereocenters. The number of methoxy groups -OCH3 is 1. The van der Waals surface area contributed by atoms with E-state index in [0.29, 0.717) is 19.4 Å². The number of imide groups is 1. The number of hydrogen-bond acceptors (Lipinski definition) is 4. The topological polar surface area (TPSA) is 92.2 Å². The Bertz CT molecular complexity index is 813. The smallest absolute Gasteiger partial charge is 0.325 e. The van der Waals surface area contributed by atoms with Crippen LogP contribution in [0.2, 0.25) is 0 Å². The van der Waals surface area contributed by atoms with Crippen molar-refractivity contribution >= 4 is 17.8 Å². The van der Waals surface area contributed by atoms with E-state index < -0.39 is 11.6 Å². The summed E-state index contributed by atoms with van der Waals surface area (Å²) in [7, 11) is 1.65. The normalized spacial score (nSPS) is 21.9. The van der Waals surface area contributed by atoms with Crippen LogP contribution < -0.4 is 20.3 Å². The Morgan fingerprint density at radius 1 is 1.13 bits per heavy atom. The highest BCUT2D eigenvalue weighted by Gasteiger charge is 2.52. The number of piperidine rings is 1. The van der Waals surface area contributed by atoms with Gasteiger partial charge >= 0.3 is 6.03 Å². The summed E-state index contributed by atoms with van der Waals surface area (Å²) >= 11 is 0. The van der Waals surface area contributed by atoms with Crippen LogP contribution in [0, 0.1) is 0 Å². The number of carbonyl (C=O) groups excluding carboxylic acids is 3. The van der Waals surface area contributed by atoms with Gasteiger partial charge in [0, 0.05) is 5.56 Å². The Morgan fingerprint density at radius 3 is 2.45 bits per heavy atom. The van der Waals surface area contributed by atoms with Gasteiger partial charge in [0.2, 0.25) is 5.91 Å². The lowest BCUT2D eigenvalue weighted by Gasteiger charge is -2.32. The fraction of sp³-hybridized carbons (Fsp3) is 0.609. The molecule has 1 aromatic carbocycles. The van der Waals surface area contributed by atoms with Crippen LogP contribution in [0.25, 0.3) is 0 Å². The molecule has 3 aliphatic rings. The average Bonchev–Trinajstić information content (AvgIpc) is 3.35. The molecule has 2 aliphatic heterocycles. The van der Waals surface area contributed by atoms with E-state index in [-0.39, 0.29) is 24.4 Å². The lowest BCUT2D eigenvalue weighted by atomic mass is 9.98. The summed E-state index contributed by atoms with van der Waals surface area (Å²) in [4.78, 5) is 40.4. The Labute approximate surface area is 183 Å². The molecule has 2 saturated heterocycles. The van der Waals surface area contributed by atoms with Crippen LogP contribution in [0.3, 0.4) is 0 Å². The third-order valence-corrected chi connectivity index (χ3v) is 7.01. The number of nitrogens with one attached hydrogen (secondary N) is 3. The maximum absolute atomic E-state index is 12.8. The van der Waals surface area contributed by atoms with E-state index in [9.17, 15) is 14.4 Å². The van der Waals surface area contributed by atoms with Gasteiger partial charge in [0.15, 0.2) is 0 Å². The second-order valence-electron chi connectivity index (χ2n) is 8.96. The van der Waals surface area contributed by atoms with Crippen LogP contribution in [-0.4, -0.2) is 61.6 Å². The number of quaternary nitrogens is 1. The van der Waals surface area contributed by atoms with E-state index >= 15 is 0 Å². The van der Waals surface area contributed by atoms with E-state index in [1.807, 2.05) is 12.1 Å². The first-order valence-electron chi connectivity index (χ1n) is 11.4. The van der Waals surface area contributed by atoms with Crippen molar-refractivity contribution in [2.45, 2.75) is 56.5 Å². The molecular weight excluding hydrogens is 396 g/mol. The van der Waals surface area contributed by atoms with Gasteiger partial charge in [-0.15, -0.1) is 0 Å². The third-order valence-electron chi connectivity index (χ3n) is 7.01. The highest BCUT2D eigenvalue weighted by atomic mass is 16.5. The molecule has 1 saturated carbocycles. The molecule has 1 spiro atoms. The quantitative estimate of drug-likeness (QED) is 0.559. The molecule has 8 heteroatoms. The van der Waals surface area contributed by atoms with Crippen LogP contribution >= 0.6 is 0 Å². The minimum absolute atomic E-state index is 0.124. The zero-order chi connectivity index (χ0) is 21.8. The molecule has 0 aromatic heterocycles. The third kappa shape index (κ3) is 4.54. The van der Waals surface area contributed by atoms with Gasteiger partial charge in [0.25, 0.3) is 5.91 Å². The molecule has 4 amide bonds. The molecule has 1 aromatic rings. The van der Waals surface area contributed by atoms with Crippen LogP contribution in [0.4, 0.5) is 4.79 Å². The first-order valence-corrected chi connectivity index (χ1v) is 11.4. The SMILES string of the molecule is COc1ccc([C@H](CNC(=O)CN2C(=O)NC3(CCCC3)C2=O)[NH+]2CCCCC2)cc1. The predicted molar refractivity (Wildman–Crippen MR) is 115 cm³/mol.